The summed E-state index contributed by atoms with van der Waals surface area (Å²) in [6.45, 7) is 1.61. The molecule has 25 heavy (non-hydrogen) atoms. The summed E-state index contributed by atoms with van der Waals surface area (Å²) in [5.41, 5.74) is 4.07. The number of carbonyl (C=O) groups excluding carboxylic acids is 1. The van der Waals surface area contributed by atoms with Gasteiger partial charge in [0.15, 0.2) is 0 Å². The highest BCUT2D eigenvalue weighted by molar-refractivity contribution is 9.10. The molecule has 1 aromatic heterocycles. The normalized spacial score (nSPS) is 11.0. The smallest absolute Gasteiger partial charge is 0.251 e. The van der Waals surface area contributed by atoms with Crippen molar-refractivity contribution in [2.24, 2.45) is 0 Å². The Labute approximate surface area is 156 Å². The highest BCUT2D eigenvalue weighted by Crippen LogP contribution is 2.26. The van der Waals surface area contributed by atoms with Crippen molar-refractivity contribution in [3.63, 3.8) is 0 Å². The number of fused-ring (bicyclic) bond motifs is 1. The lowest BCUT2D eigenvalue weighted by atomic mass is 10.1. The number of hydrogen-bond donors (Lipinski definition) is 1. The molecule has 1 amide bonds. The predicted octanol–water partition coefficient (Wildman–Crippen LogP) is 3.99. The van der Waals surface area contributed by atoms with Gasteiger partial charge in [-0.15, -0.1) is 0 Å². The topological polar surface area (TPSA) is 45.2 Å². The Hall–Kier alpha value is -2.24. The third-order valence-electron chi connectivity index (χ3n) is 4.14. The number of hydrogen-bond acceptors (Lipinski definition) is 3. The standard InChI is InChI=1S/C20H20BrN3O/c1-22-20(25)15-7-5-14(6-8-15)12-24(2)13-16-9-10-18(21)17-4-3-11-23-19(16)17/h3-11H,12-13H2,1-2H3,(H,22,25). The van der Waals surface area contributed by atoms with Gasteiger partial charge in [0.25, 0.3) is 5.91 Å². The van der Waals surface area contributed by atoms with Crippen LogP contribution >= 0.6 is 15.9 Å². The Morgan fingerprint density at radius 3 is 2.60 bits per heavy atom. The predicted molar refractivity (Wildman–Crippen MR) is 104 cm³/mol. The highest BCUT2D eigenvalue weighted by Gasteiger charge is 2.09. The Morgan fingerprint density at radius 2 is 1.88 bits per heavy atom. The van der Waals surface area contributed by atoms with E-state index < -0.39 is 0 Å². The van der Waals surface area contributed by atoms with Crippen LogP contribution in [0.4, 0.5) is 0 Å². The van der Waals surface area contributed by atoms with Crippen LogP contribution in [0.25, 0.3) is 10.9 Å². The zero-order valence-electron chi connectivity index (χ0n) is 14.3. The Bertz CT molecular complexity index is 893. The first-order valence-corrected chi connectivity index (χ1v) is 8.89. The summed E-state index contributed by atoms with van der Waals surface area (Å²) in [5.74, 6) is -0.0627. The van der Waals surface area contributed by atoms with Crippen LogP contribution in [0.3, 0.4) is 0 Å². The molecule has 1 heterocycles. The largest absolute Gasteiger partial charge is 0.355 e. The van der Waals surface area contributed by atoms with Gasteiger partial charge in [0, 0.05) is 41.8 Å². The second kappa shape index (κ2) is 7.76. The zero-order valence-corrected chi connectivity index (χ0v) is 15.9. The van der Waals surface area contributed by atoms with E-state index in [9.17, 15) is 4.79 Å². The molecular weight excluding hydrogens is 378 g/mol. The molecule has 0 aliphatic carbocycles. The van der Waals surface area contributed by atoms with E-state index in [1.807, 2.05) is 36.5 Å². The molecular formula is C20H20BrN3O. The first-order valence-electron chi connectivity index (χ1n) is 8.10. The molecule has 4 nitrogen and oxygen atoms in total. The van der Waals surface area contributed by atoms with Gasteiger partial charge < -0.3 is 5.32 Å². The van der Waals surface area contributed by atoms with Gasteiger partial charge in [-0.3, -0.25) is 14.7 Å². The number of pyridine rings is 1. The van der Waals surface area contributed by atoms with E-state index in [4.69, 9.17) is 0 Å². The van der Waals surface area contributed by atoms with E-state index in [2.05, 4.69) is 56.4 Å². The Morgan fingerprint density at radius 1 is 1.12 bits per heavy atom. The van der Waals surface area contributed by atoms with Gasteiger partial charge in [0.1, 0.15) is 0 Å². The van der Waals surface area contributed by atoms with Crippen molar-refractivity contribution in [3.05, 3.63) is 75.9 Å². The monoisotopic (exact) mass is 397 g/mol. The lowest BCUT2D eigenvalue weighted by Gasteiger charge is -2.18. The number of nitrogens with one attached hydrogen (secondary N) is 1. The van der Waals surface area contributed by atoms with E-state index in [0.29, 0.717) is 5.56 Å². The average Bonchev–Trinajstić information content (AvgIpc) is 2.64. The third-order valence-corrected chi connectivity index (χ3v) is 4.83. The minimum Gasteiger partial charge on any atom is -0.355 e. The van der Waals surface area contributed by atoms with Crippen molar-refractivity contribution in [2.45, 2.75) is 13.1 Å². The van der Waals surface area contributed by atoms with Crippen molar-refractivity contribution in [3.8, 4) is 0 Å². The van der Waals surface area contributed by atoms with E-state index in [-0.39, 0.29) is 5.91 Å². The van der Waals surface area contributed by atoms with Crippen LogP contribution in [0, 0.1) is 0 Å². The summed E-state index contributed by atoms with van der Waals surface area (Å²) < 4.78 is 1.06. The third kappa shape index (κ3) is 4.06. The maximum absolute atomic E-state index is 11.6. The molecule has 3 aromatic rings. The molecule has 1 N–H and O–H groups in total. The van der Waals surface area contributed by atoms with Crippen LogP contribution < -0.4 is 5.32 Å². The lowest BCUT2D eigenvalue weighted by Crippen LogP contribution is -2.19. The van der Waals surface area contributed by atoms with Crippen molar-refractivity contribution in [2.75, 3.05) is 14.1 Å². The van der Waals surface area contributed by atoms with Crippen LogP contribution in [0.15, 0.2) is 59.2 Å². The van der Waals surface area contributed by atoms with Crippen LogP contribution in [-0.2, 0) is 13.1 Å². The lowest BCUT2D eigenvalue weighted by molar-refractivity contribution is 0.0963. The van der Waals surface area contributed by atoms with Gasteiger partial charge in [0.05, 0.1) is 5.52 Å². The summed E-state index contributed by atoms with van der Waals surface area (Å²) in [7, 11) is 3.73. The van der Waals surface area contributed by atoms with E-state index in [1.54, 1.807) is 7.05 Å². The summed E-state index contributed by atoms with van der Waals surface area (Å²) in [4.78, 5) is 18.4. The fourth-order valence-corrected chi connectivity index (χ4v) is 3.34. The maximum Gasteiger partial charge on any atom is 0.251 e. The van der Waals surface area contributed by atoms with Crippen LogP contribution in [0.2, 0.25) is 0 Å². The van der Waals surface area contributed by atoms with Crippen LogP contribution in [0.1, 0.15) is 21.5 Å². The summed E-state index contributed by atoms with van der Waals surface area (Å²) in [5, 5.41) is 3.76. The van der Waals surface area contributed by atoms with Crippen molar-refractivity contribution < 1.29 is 4.79 Å². The number of carbonyl (C=O) groups is 1. The molecule has 0 bridgehead atoms. The fraction of sp³-hybridized carbons (Fsp3) is 0.200. The highest BCUT2D eigenvalue weighted by atomic mass is 79.9. The number of rotatable bonds is 5. The quantitative estimate of drug-likeness (QED) is 0.707. The molecule has 5 heteroatoms. The Balaban J connectivity index is 1.74. The van der Waals surface area contributed by atoms with Crippen molar-refractivity contribution in [1.82, 2.24) is 15.2 Å². The van der Waals surface area contributed by atoms with Crippen LogP contribution in [-0.4, -0.2) is 29.9 Å². The zero-order chi connectivity index (χ0) is 17.8. The summed E-state index contributed by atoms with van der Waals surface area (Å²) >= 11 is 3.59. The SMILES string of the molecule is CNC(=O)c1ccc(CN(C)Cc2ccc(Br)c3cccnc23)cc1. The number of aromatic nitrogens is 1. The molecule has 0 aliphatic rings. The van der Waals surface area contributed by atoms with E-state index in [0.717, 1.165) is 28.5 Å². The second-order valence-electron chi connectivity index (χ2n) is 6.05. The van der Waals surface area contributed by atoms with Gasteiger partial charge in [-0.2, -0.15) is 0 Å². The molecule has 0 unspecified atom stereocenters. The first kappa shape index (κ1) is 17.6. The molecule has 0 radical (unpaired) electrons. The number of nitrogens with zero attached hydrogens (tertiary/aromatic N) is 2. The van der Waals surface area contributed by atoms with Gasteiger partial charge >= 0.3 is 0 Å². The van der Waals surface area contributed by atoms with Gasteiger partial charge in [-0.25, -0.2) is 0 Å². The molecule has 3 rings (SSSR count). The van der Waals surface area contributed by atoms with E-state index >= 15 is 0 Å². The molecule has 0 spiro atoms. The molecule has 0 saturated carbocycles. The average molecular weight is 398 g/mol. The minimum atomic E-state index is -0.0627. The van der Waals surface area contributed by atoms with Gasteiger partial charge in [0.2, 0.25) is 0 Å². The van der Waals surface area contributed by atoms with Crippen molar-refractivity contribution >= 4 is 32.7 Å². The molecule has 0 saturated heterocycles. The molecule has 128 valence electrons. The van der Waals surface area contributed by atoms with Gasteiger partial charge in [-0.1, -0.05) is 40.2 Å². The first-order chi connectivity index (χ1) is 12.1. The maximum atomic E-state index is 11.6. The fourth-order valence-electron chi connectivity index (χ4n) is 2.89. The molecule has 0 fully saturated rings. The minimum absolute atomic E-state index is 0.0627. The summed E-state index contributed by atoms with van der Waals surface area (Å²) in [6, 6.07) is 15.9. The van der Waals surface area contributed by atoms with E-state index in [1.165, 1.54) is 11.1 Å². The van der Waals surface area contributed by atoms with Crippen molar-refractivity contribution in [1.29, 1.82) is 0 Å². The molecule has 0 aliphatic heterocycles. The molecule has 2 aromatic carbocycles. The second-order valence-corrected chi connectivity index (χ2v) is 6.91. The molecule has 0 atom stereocenters. The van der Waals surface area contributed by atoms with Gasteiger partial charge in [-0.05, 0) is 42.4 Å². The summed E-state index contributed by atoms with van der Waals surface area (Å²) in [6.07, 6.45) is 1.83. The number of benzene rings is 2. The van der Waals surface area contributed by atoms with Crippen LogP contribution in [0.5, 0.6) is 0 Å². The number of amides is 1. The Kier molecular flexibility index (Phi) is 5.46. The number of halogens is 1.